The molecule has 0 fully saturated rings. The van der Waals surface area contributed by atoms with E-state index in [9.17, 15) is 0 Å². The molecule has 0 aliphatic heterocycles. The third-order valence-electron chi connectivity index (χ3n) is 5.66. The van der Waals surface area contributed by atoms with E-state index in [0.29, 0.717) is 50.5 Å². The van der Waals surface area contributed by atoms with Crippen molar-refractivity contribution in [3.8, 4) is 22.8 Å². The minimum absolute atomic E-state index is 0.401. The topological polar surface area (TPSA) is 72.4 Å². The molecule has 4 aromatic rings. The molecule has 0 atom stereocenters. The molecule has 0 unspecified atom stereocenters. The molecule has 2 heterocycles. The van der Waals surface area contributed by atoms with E-state index < -0.39 is 0 Å². The average molecular weight is 512 g/mol. The second-order valence-corrected chi connectivity index (χ2v) is 8.61. The first-order valence-electron chi connectivity index (χ1n) is 11.4. The second kappa shape index (κ2) is 11.5. The standard InChI is InChI=1S/C26H27Cl2N5O2/c1-4-33(5-2)13-14-35-18-11-9-17(10-12-18)29-24-16-22-23(31-32-24)15-19(26(30-22)34-3)25-20(27)7-6-8-21(25)28/h6-12,15-16H,4-5,13-14H2,1-3H3,(H,29,32). The molecule has 7 nitrogen and oxygen atoms in total. The van der Waals surface area contributed by atoms with Crippen LogP contribution in [0.15, 0.2) is 54.6 Å². The SMILES string of the molecule is CCN(CC)CCOc1ccc(Nc2cc3nc(OC)c(-c4c(Cl)cccc4Cl)cc3nn2)cc1. The number of hydrogen-bond acceptors (Lipinski definition) is 7. The summed E-state index contributed by atoms with van der Waals surface area (Å²) in [5.74, 6) is 1.79. The Morgan fingerprint density at radius 1 is 0.914 bits per heavy atom. The van der Waals surface area contributed by atoms with Gasteiger partial charge in [-0.15, -0.1) is 10.2 Å². The minimum Gasteiger partial charge on any atom is -0.492 e. The molecule has 0 radical (unpaired) electrons. The van der Waals surface area contributed by atoms with E-state index in [1.807, 2.05) is 36.4 Å². The van der Waals surface area contributed by atoms with Crippen molar-refractivity contribution >= 4 is 45.7 Å². The fourth-order valence-electron chi connectivity index (χ4n) is 3.72. The maximum absolute atomic E-state index is 6.40. The van der Waals surface area contributed by atoms with Crippen LogP contribution in [0.3, 0.4) is 0 Å². The Bertz CT molecular complexity index is 1280. The number of benzene rings is 2. The van der Waals surface area contributed by atoms with Crippen LogP contribution in [-0.2, 0) is 0 Å². The van der Waals surface area contributed by atoms with Crippen molar-refractivity contribution in [2.24, 2.45) is 0 Å². The molecule has 2 aromatic carbocycles. The number of fused-ring (bicyclic) bond motifs is 1. The Hall–Kier alpha value is -3.13. The zero-order chi connectivity index (χ0) is 24.8. The van der Waals surface area contributed by atoms with E-state index in [2.05, 4.69) is 39.2 Å². The lowest BCUT2D eigenvalue weighted by molar-refractivity contribution is 0.223. The molecular formula is C26H27Cl2N5O2. The zero-order valence-electron chi connectivity index (χ0n) is 19.9. The summed E-state index contributed by atoms with van der Waals surface area (Å²) in [6.45, 7) is 7.90. The Labute approximate surface area is 215 Å². The molecule has 0 aliphatic carbocycles. The molecule has 2 aromatic heterocycles. The number of hydrogen-bond donors (Lipinski definition) is 1. The summed E-state index contributed by atoms with van der Waals surface area (Å²) < 4.78 is 11.4. The van der Waals surface area contributed by atoms with Crippen molar-refractivity contribution in [1.82, 2.24) is 20.1 Å². The summed E-state index contributed by atoms with van der Waals surface area (Å²) >= 11 is 12.8. The van der Waals surface area contributed by atoms with E-state index in [1.54, 1.807) is 25.3 Å². The lowest BCUT2D eigenvalue weighted by Gasteiger charge is -2.18. The Morgan fingerprint density at radius 3 is 2.29 bits per heavy atom. The molecule has 182 valence electrons. The molecule has 0 saturated heterocycles. The molecular weight excluding hydrogens is 485 g/mol. The summed E-state index contributed by atoms with van der Waals surface area (Å²) in [6, 6.07) is 16.7. The van der Waals surface area contributed by atoms with E-state index in [1.165, 1.54) is 0 Å². The molecule has 0 saturated carbocycles. The normalized spacial score (nSPS) is 11.1. The second-order valence-electron chi connectivity index (χ2n) is 7.80. The smallest absolute Gasteiger partial charge is 0.221 e. The predicted octanol–water partition coefficient (Wildman–Crippen LogP) is 6.47. The van der Waals surface area contributed by atoms with Gasteiger partial charge in [0.1, 0.15) is 17.9 Å². The van der Waals surface area contributed by atoms with E-state index >= 15 is 0 Å². The van der Waals surface area contributed by atoms with Gasteiger partial charge in [-0.1, -0.05) is 43.1 Å². The lowest BCUT2D eigenvalue weighted by atomic mass is 10.1. The number of methoxy groups -OCH3 is 1. The van der Waals surface area contributed by atoms with Crippen LogP contribution in [0.1, 0.15) is 13.8 Å². The van der Waals surface area contributed by atoms with Crippen LogP contribution >= 0.6 is 23.2 Å². The highest BCUT2D eigenvalue weighted by Gasteiger charge is 2.17. The maximum atomic E-state index is 6.40. The van der Waals surface area contributed by atoms with Gasteiger partial charge >= 0.3 is 0 Å². The molecule has 0 amide bonds. The molecule has 9 heteroatoms. The fraction of sp³-hybridized carbons (Fsp3) is 0.269. The Balaban J connectivity index is 1.51. The third-order valence-corrected chi connectivity index (χ3v) is 6.29. The number of halogens is 2. The van der Waals surface area contributed by atoms with E-state index in [-0.39, 0.29) is 0 Å². The van der Waals surface area contributed by atoms with Crippen molar-refractivity contribution < 1.29 is 9.47 Å². The number of likely N-dealkylation sites (N-methyl/N-ethyl adjacent to an activating group) is 1. The summed E-state index contributed by atoms with van der Waals surface area (Å²) in [5, 5.41) is 12.9. The monoisotopic (exact) mass is 511 g/mol. The number of rotatable bonds is 10. The van der Waals surface area contributed by atoms with Gasteiger partial charge in [-0.05, 0) is 55.6 Å². The van der Waals surface area contributed by atoms with Gasteiger partial charge < -0.3 is 19.7 Å². The van der Waals surface area contributed by atoms with Gasteiger partial charge in [-0.3, -0.25) is 0 Å². The lowest BCUT2D eigenvalue weighted by Crippen LogP contribution is -2.27. The fourth-order valence-corrected chi connectivity index (χ4v) is 4.32. The summed E-state index contributed by atoms with van der Waals surface area (Å²) in [5.41, 5.74) is 3.38. The van der Waals surface area contributed by atoms with Gasteiger partial charge in [-0.2, -0.15) is 0 Å². The van der Waals surface area contributed by atoms with Gasteiger partial charge in [0.2, 0.25) is 5.88 Å². The number of nitrogens with one attached hydrogen (secondary N) is 1. The number of ether oxygens (including phenoxy) is 2. The highest BCUT2D eigenvalue weighted by molar-refractivity contribution is 6.39. The Kier molecular flexibility index (Phi) is 8.23. The largest absolute Gasteiger partial charge is 0.492 e. The van der Waals surface area contributed by atoms with E-state index in [4.69, 9.17) is 32.7 Å². The van der Waals surface area contributed by atoms with Crippen molar-refractivity contribution in [2.45, 2.75) is 13.8 Å². The number of pyridine rings is 1. The summed E-state index contributed by atoms with van der Waals surface area (Å²) in [6.07, 6.45) is 0. The number of anilines is 2. The van der Waals surface area contributed by atoms with Crippen molar-refractivity contribution in [3.05, 3.63) is 64.6 Å². The van der Waals surface area contributed by atoms with Gasteiger partial charge in [0.05, 0.1) is 22.7 Å². The first-order chi connectivity index (χ1) is 17.0. The average Bonchev–Trinajstić information content (AvgIpc) is 2.87. The molecule has 1 N–H and O–H groups in total. The highest BCUT2D eigenvalue weighted by atomic mass is 35.5. The van der Waals surface area contributed by atoms with Crippen LogP contribution in [0.5, 0.6) is 11.6 Å². The quantitative estimate of drug-likeness (QED) is 0.261. The molecule has 4 rings (SSSR count). The zero-order valence-corrected chi connectivity index (χ0v) is 21.4. The van der Waals surface area contributed by atoms with Crippen LogP contribution in [0, 0.1) is 0 Å². The third kappa shape index (κ3) is 5.93. The van der Waals surface area contributed by atoms with Crippen LogP contribution in [0.4, 0.5) is 11.5 Å². The number of nitrogens with zero attached hydrogens (tertiary/aromatic N) is 4. The molecule has 35 heavy (non-hydrogen) atoms. The first kappa shape index (κ1) is 25.0. The van der Waals surface area contributed by atoms with Gasteiger partial charge in [0, 0.05) is 29.4 Å². The van der Waals surface area contributed by atoms with Crippen molar-refractivity contribution in [3.63, 3.8) is 0 Å². The molecule has 0 aliphatic rings. The first-order valence-corrected chi connectivity index (χ1v) is 12.2. The molecule has 0 spiro atoms. The van der Waals surface area contributed by atoms with Crippen molar-refractivity contribution in [2.75, 3.05) is 38.7 Å². The maximum Gasteiger partial charge on any atom is 0.221 e. The summed E-state index contributed by atoms with van der Waals surface area (Å²) in [4.78, 5) is 6.95. The minimum atomic E-state index is 0.401. The summed E-state index contributed by atoms with van der Waals surface area (Å²) in [7, 11) is 1.56. The van der Waals surface area contributed by atoms with Gasteiger partial charge in [-0.25, -0.2) is 4.98 Å². The molecule has 0 bridgehead atoms. The van der Waals surface area contributed by atoms with Crippen LogP contribution < -0.4 is 14.8 Å². The van der Waals surface area contributed by atoms with Crippen LogP contribution in [-0.4, -0.2) is 53.4 Å². The highest BCUT2D eigenvalue weighted by Crippen LogP contribution is 2.40. The van der Waals surface area contributed by atoms with Crippen LogP contribution in [0.25, 0.3) is 22.2 Å². The van der Waals surface area contributed by atoms with E-state index in [0.717, 1.165) is 31.1 Å². The Morgan fingerprint density at radius 2 is 1.63 bits per heavy atom. The predicted molar refractivity (Wildman–Crippen MR) is 142 cm³/mol. The van der Waals surface area contributed by atoms with Gasteiger partial charge in [0.25, 0.3) is 0 Å². The number of aromatic nitrogens is 3. The van der Waals surface area contributed by atoms with Gasteiger partial charge in [0.15, 0.2) is 5.82 Å². The van der Waals surface area contributed by atoms with Crippen LogP contribution in [0.2, 0.25) is 10.0 Å². The van der Waals surface area contributed by atoms with Crippen molar-refractivity contribution in [1.29, 1.82) is 0 Å².